The van der Waals surface area contributed by atoms with Crippen LogP contribution >= 0.6 is 0 Å². The average Bonchev–Trinajstić information content (AvgIpc) is 3.18. The maximum absolute atomic E-state index is 12.1. The van der Waals surface area contributed by atoms with Gasteiger partial charge in [0.2, 0.25) is 5.91 Å². The van der Waals surface area contributed by atoms with E-state index < -0.39 is 0 Å². The summed E-state index contributed by atoms with van der Waals surface area (Å²) in [6, 6.07) is 7.63. The second kappa shape index (κ2) is 7.00. The largest absolute Gasteiger partial charge is 0.493 e. The van der Waals surface area contributed by atoms with Crippen LogP contribution in [0.25, 0.3) is 10.9 Å². The van der Waals surface area contributed by atoms with Gasteiger partial charge in [-0.3, -0.25) is 4.79 Å². The van der Waals surface area contributed by atoms with Crippen molar-refractivity contribution in [2.75, 3.05) is 13.2 Å². The van der Waals surface area contributed by atoms with Gasteiger partial charge in [0.25, 0.3) is 0 Å². The van der Waals surface area contributed by atoms with Gasteiger partial charge >= 0.3 is 0 Å². The molecule has 1 aromatic carbocycles. The fourth-order valence-corrected chi connectivity index (χ4v) is 2.57. The summed E-state index contributed by atoms with van der Waals surface area (Å²) in [5, 5.41) is 7.69. The molecule has 2 heterocycles. The van der Waals surface area contributed by atoms with Crippen molar-refractivity contribution < 1.29 is 14.1 Å². The minimum atomic E-state index is -0.0271. The molecule has 0 fully saturated rings. The van der Waals surface area contributed by atoms with Crippen molar-refractivity contribution in [1.82, 2.24) is 15.5 Å². The van der Waals surface area contributed by atoms with Gasteiger partial charge in [0.1, 0.15) is 12.0 Å². The van der Waals surface area contributed by atoms with Crippen LogP contribution in [0.15, 0.2) is 41.2 Å². The molecule has 120 valence electrons. The standard InChI is InChI=1S/C17H19N3O3/c1-2-22-15-5-3-4-14-17(15)12(11-19-14)10-16(21)18-8-6-13-7-9-23-20-13/h3-5,7,9,11,19H,2,6,8,10H2,1H3,(H,18,21). The number of benzene rings is 1. The SMILES string of the molecule is CCOc1cccc2[nH]cc(CC(=O)NCCc3ccon3)c12. The van der Waals surface area contributed by atoms with Crippen LogP contribution in [0.3, 0.4) is 0 Å². The van der Waals surface area contributed by atoms with E-state index in [4.69, 9.17) is 9.26 Å². The molecule has 6 nitrogen and oxygen atoms in total. The Kier molecular flexibility index (Phi) is 4.61. The van der Waals surface area contributed by atoms with E-state index in [-0.39, 0.29) is 5.91 Å². The topological polar surface area (TPSA) is 80.2 Å². The molecule has 3 rings (SSSR count). The first-order valence-electron chi connectivity index (χ1n) is 7.65. The Morgan fingerprint density at radius 2 is 2.30 bits per heavy atom. The first kappa shape index (κ1) is 15.1. The third-order valence-corrected chi connectivity index (χ3v) is 3.59. The monoisotopic (exact) mass is 313 g/mol. The third kappa shape index (κ3) is 3.53. The minimum Gasteiger partial charge on any atom is -0.493 e. The summed E-state index contributed by atoms with van der Waals surface area (Å²) >= 11 is 0. The predicted molar refractivity (Wildman–Crippen MR) is 86.4 cm³/mol. The van der Waals surface area contributed by atoms with Crippen molar-refractivity contribution in [2.45, 2.75) is 19.8 Å². The van der Waals surface area contributed by atoms with Gasteiger partial charge in [-0.25, -0.2) is 0 Å². The summed E-state index contributed by atoms with van der Waals surface area (Å²) in [6.45, 7) is 3.07. The predicted octanol–water partition coefficient (Wildman–Crippen LogP) is 2.46. The number of nitrogens with zero attached hydrogens (tertiary/aromatic N) is 1. The number of hydrogen-bond acceptors (Lipinski definition) is 4. The number of amides is 1. The molecule has 0 aliphatic heterocycles. The lowest BCUT2D eigenvalue weighted by atomic mass is 10.1. The highest BCUT2D eigenvalue weighted by atomic mass is 16.5. The second-order valence-electron chi connectivity index (χ2n) is 5.19. The zero-order valence-electron chi connectivity index (χ0n) is 13.0. The van der Waals surface area contributed by atoms with E-state index in [9.17, 15) is 4.79 Å². The minimum absolute atomic E-state index is 0.0271. The Bertz CT molecular complexity index is 778. The molecule has 6 heteroatoms. The Morgan fingerprint density at radius 3 is 3.09 bits per heavy atom. The van der Waals surface area contributed by atoms with E-state index in [1.165, 1.54) is 6.26 Å². The Morgan fingerprint density at radius 1 is 1.39 bits per heavy atom. The molecule has 0 radical (unpaired) electrons. The van der Waals surface area contributed by atoms with E-state index in [1.54, 1.807) is 6.07 Å². The van der Waals surface area contributed by atoms with Crippen LogP contribution in [-0.2, 0) is 17.6 Å². The van der Waals surface area contributed by atoms with Gasteiger partial charge in [0, 0.05) is 36.1 Å². The highest BCUT2D eigenvalue weighted by molar-refractivity contribution is 5.93. The molecule has 0 aliphatic rings. The lowest BCUT2D eigenvalue weighted by Crippen LogP contribution is -2.27. The summed E-state index contributed by atoms with van der Waals surface area (Å²) in [7, 11) is 0. The van der Waals surface area contributed by atoms with Crippen molar-refractivity contribution in [3.05, 3.63) is 48.0 Å². The molecule has 0 saturated heterocycles. The number of nitrogens with one attached hydrogen (secondary N) is 2. The number of carbonyl (C=O) groups is 1. The van der Waals surface area contributed by atoms with Crippen LogP contribution in [0.4, 0.5) is 0 Å². The highest BCUT2D eigenvalue weighted by Gasteiger charge is 2.12. The Labute approximate surface area is 133 Å². The van der Waals surface area contributed by atoms with Crippen molar-refractivity contribution in [1.29, 1.82) is 0 Å². The van der Waals surface area contributed by atoms with Gasteiger partial charge in [0.15, 0.2) is 0 Å². The number of ether oxygens (including phenoxy) is 1. The van der Waals surface area contributed by atoms with Crippen molar-refractivity contribution in [2.24, 2.45) is 0 Å². The number of fused-ring (bicyclic) bond motifs is 1. The highest BCUT2D eigenvalue weighted by Crippen LogP contribution is 2.29. The van der Waals surface area contributed by atoms with Crippen LogP contribution < -0.4 is 10.1 Å². The number of hydrogen-bond donors (Lipinski definition) is 2. The zero-order valence-corrected chi connectivity index (χ0v) is 13.0. The van der Waals surface area contributed by atoms with Crippen LogP contribution in [0.1, 0.15) is 18.2 Å². The van der Waals surface area contributed by atoms with Gasteiger partial charge in [-0.2, -0.15) is 0 Å². The molecule has 0 saturated carbocycles. The van der Waals surface area contributed by atoms with Crippen molar-refractivity contribution in [3.8, 4) is 5.75 Å². The van der Waals surface area contributed by atoms with Gasteiger partial charge in [-0.05, 0) is 24.6 Å². The maximum Gasteiger partial charge on any atom is 0.224 e. The van der Waals surface area contributed by atoms with E-state index in [0.29, 0.717) is 26.0 Å². The number of aromatic nitrogens is 2. The van der Waals surface area contributed by atoms with E-state index in [2.05, 4.69) is 15.5 Å². The summed E-state index contributed by atoms with van der Waals surface area (Å²) in [5.41, 5.74) is 2.74. The lowest BCUT2D eigenvalue weighted by Gasteiger charge is -2.07. The summed E-state index contributed by atoms with van der Waals surface area (Å²) in [4.78, 5) is 15.3. The summed E-state index contributed by atoms with van der Waals surface area (Å²) < 4.78 is 10.4. The fourth-order valence-electron chi connectivity index (χ4n) is 2.57. The molecule has 0 spiro atoms. The first-order chi connectivity index (χ1) is 11.3. The molecular formula is C17H19N3O3. The van der Waals surface area contributed by atoms with Gasteiger partial charge in [0.05, 0.1) is 18.7 Å². The molecule has 1 amide bonds. The summed E-state index contributed by atoms with van der Waals surface area (Å²) in [5.74, 6) is 0.775. The van der Waals surface area contributed by atoms with Crippen molar-refractivity contribution in [3.63, 3.8) is 0 Å². The summed E-state index contributed by atoms with van der Waals surface area (Å²) in [6.07, 6.45) is 4.35. The molecule has 0 unspecified atom stereocenters. The Hall–Kier alpha value is -2.76. The molecule has 0 atom stereocenters. The van der Waals surface area contributed by atoms with Gasteiger partial charge in [-0.15, -0.1) is 0 Å². The molecule has 2 aromatic heterocycles. The van der Waals surface area contributed by atoms with Crippen LogP contribution in [0.5, 0.6) is 5.75 Å². The molecule has 0 bridgehead atoms. The molecular weight excluding hydrogens is 294 g/mol. The van der Waals surface area contributed by atoms with E-state index in [0.717, 1.165) is 27.9 Å². The normalized spacial score (nSPS) is 10.8. The number of carbonyl (C=O) groups excluding carboxylic acids is 1. The average molecular weight is 313 g/mol. The van der Waals surface area contributed by atoms with Crippen LogP contribution in [0, 0.1) is 0 Å². The molecule has 2 N–H and O–H groups in total. The first-order valence-corrected chi connectivity index (χ1v) is 7.65. The Balaban J connectivity index is 1.65. The zero-order chi connectivity index (χ0) is 16.1. The third-order valence-electron chi connectivity index (χ3n) is 3.59. The van der Waals surface area contributed by atoms with E-state index >= 15 is 0 Å². The molecule has 3 aromatic rings. The quantitative estimate of drug-likeness (QED) is 0.702. The maximum atomic E-state index is 12.1. The van der Waals surface area contributed by atoms with Gasteiger partial charge < -0.3 is 19.6 Å². The number of H-pyrrole nitrogens is 1. The van der Waals surface area contributed by atoms with Crippen LogP contribution in [0.2, 0.25) is 0 Å². The van der Waals surface area contributed by atoms with Gasteiger partial charge in [-0.1, -0.05) is 11.2 Å². The smallest absolute Gasteiger partial charge is 0.224 e. The van der Waals surface area contributed by atoms with Crippen molar-refractivity contribution >= 4 is 16.8 Å². The number of aromatic amines is 1. The van der Waals surface area contributed by atoms with Crippen LogP contribution in [-0.4, -0.2) is 29.2 Å². The second-order valence-corrected chi connectivity index (χ2v) is 5.19. The lowest BCUT2D eigenvalue weighted by molar-refractivity contribution is -0.120. The van der Waals surface area contributed by atoms with E-state index in [1.807, 2.05) is 31.3 Å². The molecule has 23 heavy (non-hydrogen) atoms. The fraction of sp³-hybridized carbons (Fsp3) is 0.294. The number of rotatable bonds is 7. The molecule has 0 aliphatic carbocycles.